The van der Waals surface area contributed by atoms with Gasteiger partial charge in [-0.25, -0.2) is 4.79 Å². The molecule has 3 nitrogen and oxygen atoms in total. The minimum Gasteiger partial charge on any atom is -0.466 e. The summed E-state index contributed by atoms with van der Waals surface area (Å²) in [6, 6.07) is 6.20. The van der Waals surface area contributed by atoms with Gasteiger partial charge >= 0.3 is 5.97 Å². The number of ether oxygens (including phenoxy) is 1. The van der Waals surface area contributed by atoms with Crippen LogP contribution < -0.4 is 5.32 Å². The maximum absolute atomic E-state index is 11.0. The normalized spacial score (nSPS) is 19.3. The zero-order valence-corrected chi connectivity index (χ0v) is 11.0. The van der Waals surface area contributed by atoms with E-state index in [1.807, 2.05) is 18.2 Å². The number of rotatable bonds is 3. The van der Waals surface area contributed by atoms with Crippen molar-refractivity contribution in [1.29, 1.82) is 0 Å². The largest absolute Gasteiger partial charge is 0.466 e. The third-order valence-corrected chi connectivity index (χ3v) is 3.40. The van der Waals surface area contributed by atoms with Crippen LogP contribution in [0.1, 0.15) is 30.0 Å². The summed E-state index contributed by atoms with van der Waals surface area (Å²) in [7, 11) is 1.36. The van der Waals surface area contributed by atoms with E-state index < -0.39 is 0 Å². The number of esters is 1. The molecule has 0 radical (unpaired) electrons. The molecule has 1 aliphatic rings. The van der Waals surface area contributed by atoms with E-state index >= 15 is 0 Å². The number of carbonyl (C=O) groups is 1. The van der Waals surface area contributed by atoms with Gasteiger partial charge in [-0.05, 0) is 42.7 Å². The first-order chi connectivity index (χ1) is 8.70. The van der Waals surface area contributed by atoms with Gasteiger partial charge in [0.25, 0.3) is 0 Å². The van der Waals surface area contributed by atoms with Gasteiger partial charge in [-0.15, -0.1) is 0 Å². The number of carbonyl (C=O) groups excluding carboxylic acids is 1. The lowest BCUT2D eigenvalue weighted by atomic mass is 10.0. The van der Waals surface area contributed by atoms with E-state index in [9.17, 15) is 4.79 Å². The van der Waals surface area contributed by atoms with E-state index in [0.717, 1.165) is 29.1 Å². The molecule has 0 aromatic heterocycles. The molecule has 0 spiro atoms. The summed E-state index contributed by atoms with van der Waals surface area (Å²) < 4.78 is 4.54. The lowest BCUT2D eigenvalue weighted by molar-refractivity contribution is -0.134. The summed E-state index contributed by atoms with van der Waals surface area (Å²) in [5.41, 5.74) is 2.02. The molecule has 18 heavy (non-hydrogen) atoms. The molecule has 1 atom stereocenters. The van der Waals surface area contributed by atoms with Gasteiger partial charge in [0, 0.05) is 17.1 Å². The van der Waals surface area contributed by atoms with Crippen LogP contribution >= 0.6 is 11.6 Å². The number of nitrogens with one attached hydrogen (secondary N) is 1. The Bertz CT molecular complexity index is 465. The monoisotopic (exact) mass is 265 g/mol. The van der Waals surface area contributed by atoms with Gasteiger partial charge in [0.15, 0.2) is 0 Å². The van der Waals surface area contributed by atoms with Crippen molar-refractivity contribution in [2.75, 3.05) is 13.7 Å². The smallest absolute Gasteiger partial charge is 0.330 e. The van der Waals surface area contributed by atoms with E-state index in [1.165, 1.54) is 19.6 Å². The third-order valence-electron chi connectivity index (χ3n) is 3.07. The minimum absolute atomic E-state index is 0.358. The first-order valence-electron chi connectivity index (χ1n) is 5.99. The van der Waals surface area contributed by atoms with Gasteiger partial charge in [0.05, 0.1) is 7.11 Å². The SMILES string of the molecule is COC(=O)C=Cc1ccc([C@@H]2CCCN2)c(Cl)c1. The zero-order chi connectivity index (χ0) is 13.0. The number of methoxy groups -OCH3 is 1. The third kappa shape index (κ3) is 3.12. The van der Waals surface area contributed by atoms with Gasteiger partial charge in [0.2, 0.25) is 0 Å². The van der Waals surface area contributed by atoms with Crippen molar-refractivity contribution in [1.82, 2.24) is 5.32 Å². The Morgan fingerprint density at radius 1 is 1.56 bits per heavy atom. The standard InChI is InChI=1S/C14H16ClNO2/c1-18-14(17)7-5-10-4-6-11(12(15)9-10)13-3-2-8-16-13/h4-7,9,13,16H,2-3,8H2,1H3/t13-/m0/s1. The van der Waals surface area contributed by atoms with Crippen LogP contribution in [0.5, 0.6) is 0 Å². The van der Waals surface area contributed by atoms with E-state index in [-0.39, 0.29) is 5.97 Å². The van der Waals surface area contributed by atoms with Gasteiger partial charge < -0.3 is 10.1 Å². The van der Waals surface area contributed by atoms with Gasteiger partial charge in [-0.3, -0.25) is 0 Å². The Kier molecular flexibility index (Phi) is 4.39. The maximum atomic E-state index is 11.0. The molecule has 4 heteroatoms. The van der Waals surface area contributed by atoms with Crippen LogP contribution in [0.15, 0.2) is 24.3 Å². The van der Waals surface area contributed by atoms with Crippen molar-refractivity contribution < 1.29 is 9.53 Å². The van der Waals surface area contributed by atoms with Crippen LogP contribution in [-0.2, 0) is 9.53 Å². The van der Waals surface area contributed by atoms with Crippen LogP contribution in [0.25, 0.3) is 6.08 Å². The number of hydrogen-bond acceptors (Lipinski definition) is 3. The maximum Gasteiger partial charge on any atom is 0.330 e. The number of hydrogen-bond donors (Lipinski definition) is 1. The molecule has 1 aromatic rings. The van der Waals surface area contributed by atoms with Gasteiger partial charge in [0.1, 0.15) is 0 Å². The van der Waals surface area contributed by atoms with Gasteiger partial charge in [-0.1, -0.05) is 23.7 Å². The molecule has 96 valence electrons. The molecular formula is C14H16ClNO2. The molecule has 1 fully saturated rings. The average Bonchev–Trinajstić information content (AvgIpc) is 2.89. The van der Waals surface area contributed by atoms with Crippen molar-refractivity contribution in [2.24, 2.45) is 0 Å². The predicted molar refractivity (Wildman–Crippen MR) is 72.5 cm³/mol. The highest BCUT2D eigenvalue weighted by atomic mass is 35.5. The number of benzene rings is 1. The molecule has 2 rings (SSSR count). The zero-order valence-electron chi connectivity index (χ0n) is 10.3. The molecule has 1 N–H and O–H groups in total. The van der Waals surface area contributed by atoms with Crippen LogP contribution in [0.4, 0.5) is 0 Å². The fourth-order valence-electron chi connectivity index (χ4n) is 2.11. The first-order valence-corrected chi connectivity index (χ1v) is 6.37. The highest BCUT2D eigenvalue weighted by molar-refractivity contribution is 6.31. The van der Waals surface area contributed by atoms with E-state index in [2.05, 4.69) is 10.1 Å². The van der Waals surface area contributed by atoms with Crippen LogP contribution in [0, 0.1) is 0 Å². The average molecular weight is 266 g/mol. The van der Waals surface area contributed by atoms with E-state index in [4.69, 9.17) is 11.6 Å². The molecular weight excluding hydrogens is 250 g/mol. The van der Waals surface area contributed by atoms with Crippen LogP contribution in [0.3, 0.4) is 0 Å². The summed E-state index contributed by atoms with van der Waals surface area (Å²) in [4.78, 5) is 11.0. The molecule has 0 aliphatic carbocycles. The van der Waals surface area contributed by atoms with Crippen molar-refractivity contribution in [2.45, 2.75) is 18.9 Å². The lowest BCUT2D eigenvalue weighted by Crippen LogP contribution is -2.13. The van der Waals surface area contributed by atoms with Crippen LogP contribution in [-0.4, -0.2) is 19.6 Å². The lowest BCUT2D eigenvalue weighted by Gasteiger charge is -2.12. The second kappa shape index (κ2) is 6.03. The molecule has 1 heterocycles. The molecule has 1 aliphatic heterocycles. The molecule has 0 bridgehead atoms. The molecule has 1 aromatic carbocycles. The fourth-order valence-corrected chi connectivity index (χ4v) is 2.43. The van der Waals surface area contributed by atoms with Crippen molar-refractivity contribution in [3.63, 3.8) is 0 Å². The van der Waals surface area contributed by atoms with E-state index in [1.54, 1.807) is 6.08 Å². The minimum atomic E-state index is -0.368. The van der Waals surface area contributed by atoms with Crippen molar-refractivity contribution >= 4 is 23.6 Å². The first kappa shape index (κ1) is 13.1. The summed E-state index contributed by atoms with van der Waals surface area (Å²) in [6.45, 7) is 1.05. The quantitative estimate of drug-likeness (QED) is 0.675. The highest BCUT2D eigenvalue weighted by Crippen LogP contribution is 2.30. The highest BCUT2D eigenvalue weighted by Gasteiger charge is 2.18. The van der Waals surface area contributed by atoms with Crippen LogP contribution in [0.2, 0.25) is 5.02 Å². The Hall–Kier alpha value is -1.32. The van der Waals surface area contributed by atoms with Gasteiger partial charge in [-0.2, -0.15) is 0 Å². The number of halogens is 1. The summed E-state index contributed by atoms with van der Waals surface area (Å²) in [6.07, 6.45) is 5.39. The molecule has 0 saturated carbocycles. The summed E-state index contributed by atoms with van der Waals surface area (Å²) in [5, 5.41) is 4.15. The fraction of sp³-hybridized carbons (Fsp3) is 0.357. The Labute approximate surface area is 112 Å². The topological polar surface area (TPSA) is 38.3 Å². The Morgan fingerprint density at radius 2 is 2.39 bits per heavy atom. The second-order valence-electron chi connectivity index (χ2n) is 4.29. The molecule has 0 unspecified atom stereocenters. The van der Waals surface area contributed by atoms with E-state index in [0.29, 0.717) is 6.04 Å². The van der Waals surface area contributed by atoms with Crippen molar-refractivity contribution in [3.8, 4) is 0 Å². The van der Waals surface area contributed by atoms with Crippen molar-refractivity contribution in [3.05, 3.63) is 40.4 Å². The molecule has 0 amide bonds. The Morgan fingerprint density at radius 3 is 3.00 bits per heavy atom. The second-order valence-corrected chi connectivity index (χ2v) is 4.69. The predicted octanol–water partition coefficient (Wildman–Crippen LogP) is 2.95. The summed E-state index contributed by atoms with van der Waals surface area (Å²) >= 11 is 6.27. The Balaban J connectivity index is 2.14. The molecule has 1 saturated heterocycles. The summed E-state index contributed by atoms with van der Waals surface area (Å²) in [5.74, 6) is -0.368.